The highest BCUT2D eigenvalue weighted by molar-refractivity contribution is 6.01. The minimum absolute atomic E-state index is 0.0647. The number of carbonyl (C=O) groups excluding carboxylic acids is 1. The van der Waals surface area contributed by atoms with Crippen LogP contribution >= 0.6 is 0 Å². The van der Waals surface area contributed by atoms with Crippen LogP contribution in [-0.2, 0) is 0 Å². The fourth-order valence-corrected chi connectivity index (χ4v) is 2.24. The fourth-order valence-electron chi connectivity index (χ4n) is 2.24. The topological polar surface area (TPSA) is 88.2 Å². The zero-order valence-corrected chi connectivity index (χ0v) is 12.2. The summed E-state index contributed by atoms with van der Waals surface area (Å²) in [7, 11) is 0. The Balaban J connectivity index is 1.87. The lowest BCUT2D eigenvalue weighted by atomic mass is 10.1. The van der Waals surface area contributed by atoms with Crippen LogP contribution in [0.3, 0.4) is 0 Å². The molecule has 6 nitrogen and oxygen atoms in total. The van der Waals surface area contributed by atoms with Gasteiger partial charge in [-0.15, -0.1) is 0 Å². The molecule has 2 N–H and O–H groups in total. The molecule has 0 saturated heterocycles. The molecule has 1 aromatic heterocycles. The van der Waals surface area contributed by atoms with Crippen LogP contribution in [0.2, 0.25) is 0 Å². The van der Waals surface area contributed by atoms with Gasteiger partial charge in [0, 0.05) is 0 Å². The van der Waals surface area contributed by atoms with Gasteiger partial charge in [0.2, 0.25) is 5.89 Å². The van der Waals surface area contributed by atoms with Crippen molar-refractivity contribution in [3.8, 4) is 5.75 Å². The Morgan fingerprint density at radius 2 is 1.95 bits per heavy atom. The number of phenols is 1. The first-order valence-electron chi connectivity index (χ1n) is 6.87. The molecule has 1 atom stereocenters. The maximum atomic E-state index is 12.3. The first-order chi connectivity index (χ1) is 10.5. The first kappa shape index (κ1) is 14.1. The van der Waals surface area contributed by atoms with E-state index in [0.29, 0.717) is 11.7 Å². The molecule has 0 aliphatic carbocycles. The van der Waals surface area contributed by atoms with Crippen LogP contribution < -0.4 is 5.32 Å². The van der Waals surface area contributed by atoms with E-state index in [-0.39, 0.29) is 11.3 Å². The lowest BCUT2D eigenvalue weighted by Gasteiger charge is -2.11. The Morgan fingerprint density at radius 1 is 1.27 bits per heavy atom. The molecule has 6 heteroatoms. The summed E-state index contributed by atoms with van der Waals surface area (Å²) < 4.78 is 5.02. The number of fused-ring (bicyclic) bond motifs is 1. The average molecular weight is 297 g/mol. The number of amides is 1. The van der Waals surface area contributed by atoms with E-state index in [4.69, 9.17) is 4.52 Å². The SMILES string of the molecule is Cc1noc([C@H](C)NC(=O)c2cc3ccccc3cc2O)n1. The maximum Gasteiger partial charge on any atom is 0.255 e. The molecular weight excluding hydrogens is 282 g/mol. The number of nitrogens with zero attached hydrogens (tertiary/aromatic N) is 2. The highest BCUT2D eigenvalue weighted by atomic mass is 16.5. The monoisotopic (exact) mass is 297 g/mol. The van der Waals surface area contributed by atoms with Crippen molar-refractivity contribution >= 4 is 16.7 Å². The summed E-state index contributed by atoms with van der Waals surface area (Å²) >= 11 is 0. The number of phenolic OH excluding ortho intramolecular Hbond substituents is 1. The Morgan fingerprint density at radius 3 is 2.59 bits per heavy atom. The maximum absolute atomic E-state index is 12.3. The fraction of sp³-hybridized carbons (Fsp3) is 0.188. The summed E-state index contributed by atoms with van der Waals surface area (Å²) in [5.41, 5.74) is 0.210. The van der Waals surface area contributed by atoms with E-state index in [1.54, 1.807) is 26.0 Å². The van der Waals surface area contributed by atoms with Crippen molar-refractivity contribution in [3.05, 3.63) is 53.7 Å². The molecule has 0 bridgehead atoms. The Hall–Kier alpha value is -2.89. The Bertz CT molecular complexity index is 842. The third kappa shape index (κ3) is 2.63. The van der Waals surface area contributed by atoms with Gasteiger partial charge in [-0.2, -0.15) is 4.98 Å². The van der Waals surface area contributed by atoms with Crippen LogP contribution in [0, 0.1) is 6.92 Å². The van der Waals surface area contributed by atoms with Crippen molar-refractivity contribution in [1.29, 1.82) is 0 Å². The molecule has 0 fully saturated rings. The largest absolute Gasteiger partial charge is 0.507 e. The van der Waals surface area contributed by atoms with Gasteiger partial charge in [-0.1, -0.05) is 29.4 Å². The van der Waals surface area contributed by atoms with Crippen LogP contribution in [-0.4, -0.2) is 21.2 Å². The van der Waals surface area contributed by atoms with Gasteiger partial charge in [0.05, 0.1) is 5.56 Å². The summed E-state index contributed by atoms with van der Waals surface area (Å²) in [5, 5.41) is 18.2. The summed E-state index contributed by atoms with van der Waals surface area (Å²) in [6.07, 6.45) is 0. The van der Waals surface area contributed by atoms with Crippen LogP contribution in [0.1, 0.15) is 35.0 Å². The van der Waals surface area contributed by atoms with Gasteiger partial charge < -0.3 is 14.9 Å². The third-order valence-corrected chi connectivity index (χ3v) is 3.37. The van der Waals surface area contributed by atoms with Gasteiger partial charge in [-0.05, 0) is 36.8 Å². The van der Waals surface area contributed by atoms with Gasteiger partial charge in [0.15, 0.2) is 5.82 Å². The van der Waals surface area contributed by atoms with Crippen LogP contribution in [0.5, 0.6) is 5.75 Å². The molecule has 0 aliphatic heterocycles. The van der Waals surface area contributed by atoms with Gasteiger partial charge in [0.25, 0.3) is 5.91 Å². The average Bonchev–Trinajstić information content (AvgIpc) is 2.93. The van der Waals surface area contributed by atoms with E-state index in [9.17, 15) is 9.90 Å². The lowest BCUT2D eigenvalue weighted by Crippen LogP contribution is -2.27. The predicted octanol–water partition coefficient (Wildman–Crippen LogP) is 2.73. The number of hydrogen-bond donors (Lipinski definition) is 2. The normalized spacial score (nSPS) is 12.3. The summed E-state index contributed by atoms with van der Waals surface area (Å²) in [5.74, 6) is 0.368. The molecule has 112 valence electrons. The zero-order valence-electron chi connectivity index (χ0n) is 12.2. The van der Waals surface area contributed by atoms with Crippen molar-refractivity contribution in [2.24, 2.45) is 0 Å². The number of aromatic hydroxyl groups is 1. The minimum Gasteiger partial charge on any atom is -0.507 e. The van der Waals surface area contributed by atoms with E-state index in [1.807, 2.05) is 24.3 Å². The summed E-state index contributed by atoms with van der Waals surface area (Å²) in [6, 6.07) is 10.3. The van der Waals surface area contributed by atoms with Gasteiger partial charge >= 0.3 is 0 Å². The van der Waals surface area contributed by atoms with Gasteiger partial charge in [0.1, 0.15) is 11.8 Å². The number of rotatable bonds is 3. The number of benzene rings is 2. The zero-order chi connectivity index (χ0) is 15.7. The van der Waals surface area contributed by atoms with Crippen LogP contribution in [0.15, 0.2) is 40.9 Å². The van der Waals surface area contributed by atoms with Crippen molar-refractivity contribution in [1.82, 2.24) is 15.5 Å². The van der Waals surface area contributed by atoms with Crippen LogP contribution in [0.4, 0.5) is 0 Å². The van der Waals surface area contributed by atoms with E-state index < -0.39 is 11.9 Å². The van der Waals surface area contributed by atoms with Crippen molar-refractivity contribution < 1.29 is 14.4 Å². The van der Waals surface area contributed by atoms with E-state index >= 15 is 0 Å². The van der Waals surface area contributed by atoms with Crippen molar-refractivity contribution in [2.45, 2.75) is 19.9 Å². The molecule has 0 aliphatic rings. The molecule has 22 heavy (non-hydrogen) atoms. The second-order valence-corrected chi connectivity index (χ2v) is 5.09. The second kappa shape index (κ2) is 5.48. The van der Waals surface area contributed by atoms with Crippen molar-refractivity contribution in [2.75, 3.05) is 0 Å². The molecule has 3 rings (SSSR count). The molecule has 3 aromatic rings. The Kier molecular flexibility index (Phi) is 3.50. The first-order valence-corrected chi connectivity index (χ1v) is 6.87. The number of carbonyl (C=O) groups is 1. The van der Waals surface area contributed by atoms with E-state index in [0.717, 1.165) is 10.8 Å². The summed E-state index contributed by atoms with van der Waals surface area (Å²) in [4.78, 5) is 16.4. The highest BCUT2D eigenvalue weighted by Crippen LogP contribution is 2.25. The molecule has 2 aromatic carbocycles. The van der Waals surface area contributed by atoms with Crippen LogP contribution in [0.25, 0.3) is 10.8 Å². The molecule has 1 amide bonds. The third-order valence-electron chi connectivity index (χ3n) is 3.37. The molecule has 1 heterocycles. The predicted molar refractivity (Wildman–Crippen MR) is 80.5 cm³/mol. The molecule has 0 radical (unpaired) electrons. The molecule has 0 spiro atoms. The quantitative estimate of drug-likeness (QED) is 0.776. The number of hydrogen-bond acceptors (Lipinski definition) is 5. The lowest BCUT2D eigenvalue weighted by molar-refractivity contribution is 0.0930. The van der Waals surface area contributed by atoms with E-state index in [2.05, 4.69) is 15.5 Å². The van der Waals surface area contributed by atoms with Gasteiger partial charge in [-0.25, -0.2) is 0 Å². The summed E-state index contributed by atoms with van der Waals surface area (Å²) in [6.45, 7) is 3.44. The smallest absolute Gasteiger partial charge is 0.255 e. The minimum atomic E-state index is -0.445. The highest BCUT2D eigenvalue weighted by Gasteiger charge is 2.19. The second-order valence-electron chi connectivity index (χ2n) is 5.09. The molecular formula is C16H15N3O3. The van der Waals surface area contributed by atoms with Gasteiger partial charge in [-0.3, -0.25) is 4.79 Å². The van der Waals surface area contributed by atoms with Crippen molar-refractivity contribution in [3.63, 3.8) is 0 Å². The molecule has 0 unspecified atom stereocenters. The molecule has 0 saturated carbocycles. The standard InChI is InChI=1S/C16H15N3O3/c1-9(16-18-10(2)19-22-16)17-15(21)13-7-11-5-3-4-6-12(11)8-14(13)20/h3-9,20H,1-2H3,(H,17,21)/t9-/m0/s1. The van der Waals surface area contributed by atoms with E-state index in [1.165, 1.54) is 0 Å². The Labute approximate surface area is 126 Å². The number of aromatic nitrogens is 2. The number of aryl methyl sites for hydroxylation is 1. The number of nitrogens with one attached hydrogen (secondary N) is 1.